The Hall–Kier alpha value is -2.38. The molecule has 4 nitrogen and oxygen atoms in total. The molecule has 0 aromatic heterocycles. The first-order valence-corrected chi connectivity index (χ1v) is 10.5. The first kappa shape index (κ1) is 23.3. The summed E-state index contributed by atoms with van der Waals surface area (Å²) in [4.78, 5) is 5.85. The van der Waals surface area contributed by atoms with Gasteiger partial charge in [0.1, 0.15) is 0 Å². The highest BCUT2D eigenvalue weighted by Gasteiger charge is 2.39. The van der Waals surface area contributed by atoms with Gasteiger partial charge in [-0.15, -0.1) is 0 Å². The zero-order valence-electron chi connectivity index (χ0n) is 18.0. The van der Waals surface area contributed by atoms with E-state index in [1.165, 1.54) is 17.7 Å². The number of fused-ring (bicyclic) bond motifs is 3. The highest BCUT2D eigenvalue weighted by Crippen LogP contribution is 2.44. The molecule has 0 radical (unpaired) electrons. The summed E-state index contributed by atoms with van der Waals surface area (Å²) in [6, 6.07) is 14.1. The van der Waals surface area contributed by atoms with Crippen molar-refractivity contribution >= 4 is 12.4 Å². The van der Waals surface area contributed by atoms with E-state index in [4.69, 9.17) is 4.74 Å². The summed E-state index contributed by atoms with van der Waals surface area (Å²) in [5, 5.41) is 3.24. The number of hydrogen-bond donors (Lipinski definition) is 1. The predicted molar refractivity (Wildman–Crippen MR) is 118 cm³/mol. The third-order valence-electron chi connectivity index (χ3n) is 5.66. The number of anilines is 1. The Morgan fingerprint density at radius 1 is 1.16 bits per heavy atom. The van der Waals surface area contributed by atoms with E-state index in [1.54, 1.807) is 0 Å². The molecule has 31 heavy (non-hydrogen) atoms. The number of rotatable bonds is 4. The first-order chi connectivity index (χ1) is 14.8. The monoisotopic (exact) mass is 433 g/mol. The summed E-state index contributed by atoms with van der Waals surface area (Å²) in [5.41, 5.74) is 2.06. The van der Waals surface area contributed by atoms with Gasteiger partial charge in [0.2, 0.25) is 0 Å². The summed E-state index contributed by atoms with van der Waals surface area (Å²) >= 11 is 0. The number of alkyl halides is 3. The van der Waals surface area contributed by atoms with Crippen LogP contribution in [0.25, 0.3) is 0 Å². The number of halogens is 3. The molecule has 2 aliphatic rings. The standard InChI is InChI=1S/C17H22F3N3O.C7H8/c1-21-10-23(2)9-13-5-3-11-8-22-15-6-4-12(17(18,19)20)7-14(15)16(11)24-13;1-7-5-3-2-4-6-7/h4,6-7,11,13,16,22H,1,3,5,8-10H2,2H3;2-6H,1H3. The summed E-state index contributed by atoms with van der Waals surface area (Å²) in [6.07, 6.45) is -2.79. The first-order valence-electron chi connectivity index (χ1n) is 10.5. The molecule has 0 aliphatic carbocycles. The van der Waals surface area contributed by atoms with Crippen LogP contribution in [0.1, 0.15) is 35.6 Å². The normalized spacial score (nSPS) is 22.5. The number of likely N-dealkylation sites (N-methyl/N-ethyl adjacent to an activating group) is 1. The van der Waals surface area contributed by atoms with Crippen molar-refractivity contribution in [3.63, 3.8) is 0 Å². The van der Waals surface area contributed by atoms with Gasteiger partial charge in [-0.2, -0.15) is 13.2 Å². The van der Waals surface area contributed by atoms with Crippen LogP contribution in [0.4, 0.5) is 18.9 Å². The van der Waals surface area contributed by atoms with Gasteiger partial charge in [0.05, 0.1) is 24.4 Å². The van der Waals surface area contributed by atoms with Crippen LogP contribution in [0.2, 0.25) is 0 Å². The zero-order chi connectivity index (χ0) is 22.4. The number of nitrogens with one attached hydrogen (secondary N) is 1. The third kappa shape index (κ3) is 6.31. The molecular weight excluding hydrogens is 403 g/mol. The van der Waals surface area contributed by atoms with E-state index >= 15 is 0 Å². The average molecular weight is 434 g/mol. The van der Waals surface area contributed by atoms with Crippen LogP contribution in [0.5, 0.6) is 0 Å². The Balaban J connectivity index is 0.000000330. The Bertz CT molecular complexity index is 857. The Morgan fingerprint density at radius 2 is 1.90 bits per heavy atom. The van der Waals surface area contributed by atoms with Gasteiger partial charge in [-0.05, 0) is 51.7 Å². The summed E-state index contributed by atoms with van der Waals surface area (Å²) in [6.45, 7) is 7.51. The van der Waals surface area contributed by atoms with Gasteiger partial charge in [-0.3, -0.25) is 9.89 Å². The van der Waals surface area contributed by atoms with Crippen molar-refractivity contribution in [1.82, 2.24) is 4.90 Å². The van der Waals surface area contributed by atoms with Crippen LogP contribution in [0.3, 0.4) is 0 Å². The second kappa shape index (κ2) is 10.3. The lowest BCUT2D eigenvalue weighted by Crippen LogP contribution is -2.41. The van der Waals surface area contributed by atoms with Crippen molar-refractivity contribution in [2.45, 2.75) is 38.1 Å². The average Bonchev–Trinajstić information content (AvgIpc) is 2.74. The second-order valence-electron chi connectivity index (χ2n) is 8.26. The van der Waals surface area contributed by atoms with Crippen LogP contribution < -0.4 is 5.32 Å². The second-order valence-corrected chi connectivity index (χ2v) is 8.26. The Labute approximate surface area is 182 Å². The van der Waals surface area contributed by atoms with E-state index in [2.05, 4.69) is 36.1 Å². The maximum atomic E-state index is 13.0. The van der Waals surface area contributed by atoms with Crippen molar-refractivity contribution in [1.29, 1.82) is 0 Å². The molecule has 2 aromatic rings. The zero-order valence-corrected chi connectivity index (χ0v) is 18.0. The summed E-state index contributed by atoms with van der Waals surface area (Å²) in [5.74, 6) is 0.208. The number of aliphatic imine (C=N–C) groups is 1. The fourth-order valence-corrected chi connectivity index (χ4v) is 4.10. The molecule has 1 fully saturated rings. The van der Waals surface area contributed by atoms with Crippen LogP contribution in [0.15, 0.2) is 53.5 Å². The van der Waals surface area contributed by atoms with Gasteiger partial charge in [0.15, 0.2) is 0 Å². The van der Waals surface area contributed by atoms with Gasteiger partial charge >= 0.3 is 6.18 Å². The molecule has 7 heteroatoms. The molecule has 4 rings (SSSR count). The highest BCUT2D eigenvalue weighted by atomic mass is 19.4. The van der Waals surface area contributed by atoms with E-state index in [-0.39, 0.29) is 18.1 Å². The van der Waals surface area contributed by atoms with E-state index in [0.717, 1.165) is 31.1 Å². The van der Waals surface area contributed by atoms with E-state index in [1.807, 2.05) is 30.1 Å². The molecule has 1 N–H and O–H groups in total. The van der Waals surface area contributed by atoms with Crippen LogP contribution in [-0.2, 0) is 10.9 Å². The molecule has 0 amide bonds. The van der Waals surface area contributed by atoms with E-state index in [0.29, 0.717) is 18.8 Å². The van der Waals surface area contributed by atoms with Crippen LogP contribution in [-0.4, -0.2) is 44.5 Å². The fourth-order valence-electron chi connectivity index (χ4n) is 4.10. The van der Waals surface area contributed by atoms with E-state index in [9.17, 15) is 13.2 Å². The lowest BCUT2D eigenvalue weighted by Gasteiger charge is -2.42. The number of benzene rings is 2. The molecule has 3 atom stereocenters. The summed E-state index contributed by atoms with van der Waals surface area (Å²) in [7, 11) is 1.93. The quantitative estimate of drug-likeness (QED) is 0.642. The topological polar surface area (TPSA) is 36.9 Å². The predicted octanol–water partition coefficient (Wildman–Crippen LogP) is 5.55. The Morgan fingerprint density at radius 3 is 2.52 bits per heavy atom. The SMILES string of the molecule is C=NCN(C)CC1CCC2CNc3ccc(C(F)(F)F)cc3C2O1.Cc1ccccc1. The molecule has 2 aliphatic heterocycles. The third-order valence-corrected chi connectivity index (χ3v) is 5.66. The molecule has 1 saturated heterocycles. The van der Waals surface area contributed by atoms with Crippen molar-refractivity contribution in [2.24, 2.45) is 10.9 Å². The molecule has 0 saturated carbocycles. The molecule has 2 heterocycles. The maximum absolute atomic E-state index is 13.0. The van der Waals surface area contributed by atoms with Gasteiger partial charge in [0.25, 0.3) is 0 Å². The smallest absolute Gasteiger partial charge is 0.384 e. The van der Waals surface area contributed by atoms with Crippen LogP contribution in [0, 0.1) is 12.8 Å². The number of aryl methyl sites for hydroxylation is 1. The van der Waals surface area contributed by atoms with Gasteiger partial charge in [-0.1, -0.05) is 35.9 Å². The lowest BCUT2D eigenvalue weighted by atomic mass is 9.83. The molecule has 2 aromatic carbocycles. The molecule has 168 valence electrons. The fraction of sp³-hybridized carbons (Fsp3) is 0.458. The van der Waals surface area contributed by atoms with Gasteiger partial charge < -0.3 is 10.1 Å². The minimum atomic E-state index is -4.34. The van der Waals surface area contributed by atoms with Crippen molar-refractivity contribution in [3.05, 3.63) is 65.2 Å². The summed E-state index contributed by atoms with van der Waals surface area (Å²) < 4.78 is 45.3. The number of nitrogens with zero attached hydrogens (tertiary/aromatic N) is 2. The number of ether oxygens (including phenoxy) is 1. The highest BCUT2D eigenvalue weighted by molar-refractivity contribution is 5.56. The van der Waals surface area contributed by atoms with Crippen molar-refractivity contribution in [3.8, 4) is 0 Å². The minimum Gasteiger partial charge on any atom is -0.384 e. The Kier molecular flexibility index (Phi) is 7.73. The van der Waals surface area contributed by atoms with Crippen LogP contribution >= 0.6 is 0 Å². The van der Waals surface area contributed by atoms with E-state index < -0.39 is 11.7 Å². The van der Waals surface area contributed by atoms with Gasteiger partial charge in [-0.25, -0.2) is 0 Å². The minimum absolute atomic E-state index is 0.00140. The number of hydrogen-bond acceptors (Lipinski definition) is 4. The largest absolute Gasteiger partial charge is 0.416 e. The lowest BCUT2D eigenvalue weighted by molar-refractivity contribution is -0.138. The van der Waals surface area contributed by atoms with Gasteiger partial charge in [0, 0.05) is 30.3 Å². The molecule has 0 bridgehead atoms. The van der Waals surface area contributed by atoms with Crippen molar-refractivity contribution in [2.75, 3.05) is 32.1 Å². The molecular formula is C24H30F3N3O. The molecule has 3 unspecified atom stereocenters. The maximum Gasteiger partial charge on any atom is 0.416 e. The molecule has 0 spiro atoms. The van der Waals surface area contributed by atoms with Crippen molar-refractivity contribution < 1.29 is 17.9 Å².